The molecule has 0 bridgehead atoms. The van der Waals surface area contributed by atoms with Gasteiger partial charge in [0, 0.05) is 28.6 Å². The first kappa shape index (κ1) is 19.3. The number of para-hydroxylation sites is 1. The third-order valence-electron chi connectivity index (χ3n) is 5.14. The highest BCUT2D eigenvalue weighted by molar-refractivity contribution is 9.10. The van der Waals surface area contributed by atoms with Crippen molar-refractivity contribution in [1.29, 1.82) is 0 Å². The summed E-state index contributed by atoms with van der Waals surface area (Å²) in [5.74, 6) is -0.310. The Hall–Kier alpha value is -1.98. The first-order valence-corrected chi connectivity index (χ1v) is 10.8. The van der Waals surface area contributed by atoms with Crippen LogP contribution in [0.2, 0.25) is 5.02 Å². The second kappa shape index (κ2) is 8.18. The zero-order valence-electron chi connectivity index (χ0n) is 15.8. The summed E-state index contributed by atoms with van der Waals surface area (Å²) >= 11 is 10.0. The summed E-state index contributed by atoms with van der Waals surface area (Å²) < 4.78 is 8.28. The predicted octanol–water partition coefficient (Wildman–Crippen LogP) is 6.21. The van der Waals surface area contributed by atoms with E-state index in [0.29, 0.717) is 17.3 Å². The largest absolute Gasteiger partial charge is 0.461 e. The SMILES string of the molecule is CCOC(=O)c1c(N2CCCCC2)c2cc(Br)c(Cl)cc2n1-c1ccccc1. The van der Waals surface area contributed by atoms with Crippen molar-refractivity contribution in [1.82, 2.24) is 4.57 Å². The van der Waals surface area contributed by atoms with Crippen molar-refractivity contribution in [2.45, 2.75) is 26.2 Å². The highest BCUT2D eigenvalue weighted by atomic mass is 79.9. The van der Waals surface area contributed by atoms with E-state index in [-0.39, 0.29) is 5.97 Å². The van der Waals surface area contributed by atoms with Crippen LogP contribution in [-0.4, -0.2) is 30.2 Å². The third kappa shape index (κ3) is 3.42. The van der Waals surface area contributed by atoms with Crippen molar-refractivity contribution in [2.24, 2.45) is 0 Å². The number of ether oxygens (including phenoxy) is 1. The molecule has 0 aliphatic carbocycles. The first-order chi connectivity index (χ1) is 13.6. The van der Waals surface area contributed by atoms with Gasteiger partial charge >= 0.3 is 5.97 Å². The molecule has 4 nitrogen and oxygen atoms in total. The maximum Gasteiger partial charge on any atom is 0.357 e. The number of anilines is 1. The Morgan fingerprint density at radius 3 is 2.54 bits per heavy atom. The molecular weight excluding hydrogens is 440 g/mol. The van der Waals surface area contributed by atoms with Gasteiger partial charge < -0.3 is 14.2 Å². The molecule has 3 aromatic rings. The number of hydrogen-bond donors (Lipinski definition) is 0. The third-order valence-corrected chi connectivity index (χ3v) is 6.34. The van der Waals surface area contributed by atoms with Crippen LogP contribution in [0.4, 0.5) is 5.69 Å². The summed E-state index contributed by atoms with van der Waals surface area (Å²) in [4.78, 5) is 15.4. The fourth-order valence-electron chi connectivity index (χ4n) is 3.94. The molecule has 6 heteroatoms. The molecule has 2 aromatic carbocycles. The van der Waals surface area contributed by atoms with Crippen molar-refractivity contribution < 1.29 is 9.53 Å². The molecule has 1 aliphatic heterocycles. The second-order valence-electron chi connectivity index (χ2n) is 6.92. The minimum atomic E-state index is -0.310. The Balaban J connectivity index is 2.08. The number of carbonyl (C=O) groups is 1. The van der Waals surface area contributed by atoms with Crippen LogP contribution >= 0.6 is 27.5 Å². The maximum atomic E-state index is 13.1. The van der Waals surface area contributed by atoms with E-state index >= 15 is 0 Å². The van der Waals surface area contributed by atoms with Gasteiger partial charge in [-0.1, -0.05) is 29.8 Å². The summed E-state index contributed by atoms with van der Waals surface area (Å²) in [5.41, 5.74) is 3.33. The number of nitrogens with zero attached hydrogens (tertiary/aromatic N) is 2. The standard InChI is InChI=1S/C22H22BrClN2O2/c1-2-28-22(27)21-20(25-11-7-4-8-12-25)16-13-17(23)18(24)14-19(16)26(21)15-9-5-3-6-10-15/h3,5-6,9-10,13-14H,2,4,7-8,11-12H2,1H3. The normalized spacial score (nSPS) is 14.5. The quantitative estimate of drug-likeness (QED) is 0.433. The molecular formula is C22H22BrClN2O2. The Morgan fingerprint density at radius 1 is 1.14 bits per heavy atom. The molecule has 1 saturated heterocycles. The van der Waals surface area contributed by atoms with Gasteiger partial charge in [-0.15, -0.1) is 0 Å². The van der Waals surface area contributed by atoms with Crippen molar-refractivity contribution in [3.05, 3.63) is 57.7 Å². The van der Waals surface area contributed by atoms with E-state index < -0.39 is 0 Å². The number of hydrogen-bond acceptors (Lipinski definition) is 3. The lowest BCUT2D eigenvalue weighted by Gasteiger charge is -2.29. The lowest BCUT2D eigenvalue weighted by molar-refractivity contribution is 0.0518. The highest BCUT2D eigenvalue weighted by Gasteiger charge is 2.29. The average Bonchev–Trinajstić information content (AvgIpc) is 3.04. The second-order valence-corrected chi connectivity index (χ2v) is 8.18. The average molecular weight is 462 g/mol. The zero-order valence-corrected chi connectivity index (χ0v) is 18.1. The summed E-state index contributed by atoms with van der Waals surface area (Å²) in [5, 5.41) is 1.62. The number of halogens is 2. The molecule has 28 heavy (non-hydrogen) atoms. The van der Waals surface area contributed by atoms with Crippen molar-refractivity contribution >= 4 is 50.1 Å². The molecule has 1 fully saturated rings. The van der Waals surface area contributed by atoms with Gasteiger partial charge in [-0.3, -0.25) is 0 Å². The monoisotopic (exact) mass is 460 g/mol. The van der Waals surface area contributed by atoms with Crippen LogP contribution in [0.15, 0.2) is 46.9 Å². The molecule has 1 aromatic heterocycles. The van der Waals surface area contributed by atoms with E-state index in [1.165, 1.54) is 6.42 Å². The molecule has 0 unspecified atom stereocenters. The van der Waals surface area contributed by atoms with Crippen molar-refractivity contribution in [2.75, 3.05) is 24.6 Å². The number of piperidine rings is 1. The van der Waals surface area contributed by atoms with Gasteiger partial charge in [-0.2, -0.15) is 0 Å². The zero-order chi connectivity index (χ0) is 19.7. The molecule has 0 amide bonds. The summed E-state index contributed by atoms with van der Waals surface area (Å²) in [7, 11) is 0. The van der Waals surface area contributed by atoms with E-state index in [1.54, 1.807) is 0 Å². The molecule has 4 rings (SSSR count). The predicted molar refractivity (Wildman–Crippen MR) is 118 cm³/mol. The van der Waals surface area contributed by atoms with Gasteiger partial charge in [0.1, 0.15) is 0 Å². The Morgan fingerprint density at radius 2 is 1.86 bits per heavy atom. The van der Waals surface area contributed by atoms with Crippen molar-refractivity contribution in [3.8, 4) is 5.69 Å². The van der Waals surface area contributed by atoms with Crippen LogP contribution in [0.5, 0.6) is 0 Å². The van der Waals surface area contributed by atoms with Gasteiger partial charge in [-0.05, 0) is 66.4 Å². The van der Waals surface area contributed by atoms with E-state index in [1.807, 2.05) is 54.0 Å². The van der Waals surface area contributed by atoms with Crippen LogP contribution in [0.1, 0.15) is 36.7 Å². The number of rotatable bonds is 4. The minimum absolute atomic E-state index is 0.310. The van der Waals surface area contributed by atoms with Crippen LogP contribution in [0.3, 0.4) is 0 Å². The van der Waals surface area contributed by atoms with E-state index in [4.69, 9.17) is 16.3 Å². The molecule has 146 valence electrons. The fourth-order valence-corrected chi connectivity index (χ4v) is 4.44. The molecule has 2 heterocycles. The minimum Gasteiger partial charge on any atom is -0.461 e. The number of benzene rings is 2. The number of fused-ring (bicyclic) bond motifs is 1. The number of carbonyl (C=O) groups excluding carboxylic acids is 1. The van der Waals surface area contributed by atoms with Gasteiger partial charge in [0.25, 0.3) is 0 Å². The van der Waals surface area contributed by atoms with Crippen LogP contribution in [0, 0.1) is 0 Å². The summed E-state index contributed by atoms with van der Waals surface area (Å²) in [6.45, 7) is 4.03. The van der Waals surface area contributed by atoms with Gasteiger partial charge in [-0.25, -0.2) is 4.79 Å². The summed E-state index contributed by atoms with van der Waals surface area (Å²) in [6, 6.07) is 13.8. The lowest BCUT2D eigenvalue weighted by atomic mass is 10.1. The van der Waals surface area contributed by atoms with Gasteiger partial charge in [0.2, 0.25) is 0 Å². The van der Waals surface area contributed by atoms with E-state index in [0.717, 1.165) is 52.7 Å². The van der Waals surface area contributed by atoms with Gasteiger partial charge in [0.05, 0.1) is 22.8 Å². The van der Waals surface area contributed by atoms with Crippen molar-refractivity contribution in [3.63, 3.8) is 0 Å². The maximum absolute atomic E-state index is 13.1. The topological polar surface area (TPSA) is 34.5 Å². The van der Waals surface area contributed by atoms with Crippen LogP contribution in [-0.2, 0) is 4.74 Å². The van der Waals surface area contributed by atoms with Gasteiger partial charge in [0.15, 0.2) is 5.69 Å². The van der Waals surface area contributed by atoms with E-state index in [9.17, 15) is 4.79 Å². The Bertz CT molecular complexity index is 1010. The Labute approximate surface area is 178 Å². The van der Waals surface area contributed by atoms with Crippen LogP contribution in [0.25, 0.3) is 16.6 Å². The fraction of sp³-hybridized carbons (Fsp3) is 0.318. The molecule has 0 radical (unpaired) electrons. The molecule has 0 atom stereocenters. The van der Waals surface area contributed by atoms with Crippen LogP contribution < -0.4 is 4.90 Å². The number of aromatic nitrogens is 1. The number of esters is 1. The smallest absolute Gasteiger partial charge is 0.357 e. The summed E-state index contributed by atoms with van der Waals surface area (Å²) in [6.07, 6.45) is 3.46. The molecule has 0 saturated carbocycles. The Kier molecular flexibility index (Phi) is 5.65. The molecule has 0 N–H and O–H groups in total. The lowest BCUT2D eigenvalue weighted by Crippen LogP contribution is -2.31. The molecule has 1 aliphatic rings. The first-order valence-electron chi connectivity index (χ1n) is 9.62. The highest BCUT2D eigenvalue weighted by Crippen LogP contribution is 2.41. The molecule has 0 spiro atoms. The van der Waals surface area contributed by atoms with E-state index in [2.05, 4.69) is 20.8 Å².